The van der Waals surface area contributed by atoms with Crippen molar-refractivity contribution < 1.29 is 9.13 Å². The highest BCUT2D eigenvalue weighted by Gasteiger charge is 2.09. The topological polar surface area (TPSA) is 47.3 Å². The molecular weight excluding hydrogens is 195 g/mol. The van der Waals surface area contributed by atoms with Crippen LogP contribution in [0.25, 0.3) is 0 Å². The van der Waals surface area contributed by atoms with E-state index in [1.54, 1.807) is 12.1 Å². The van der Waals surface area contributed by atoms with Crippen LogP contribution in [0, 0.1) is 5.82 Å². The Labute approximate surface area is 89.4 Å². The summed E-state index contributed by atoms with van der Waals surface area (Å²) >= 11 is 0. The largest absolute Gasteiger partial charge is 0.496 e. The minimum Gasteiger partial charge on any atom is -0.496 e. The van der Waals surface area contributed by atoms with Crippen LogP contribution >= 0.6 is 0 Å². The lowest BCUT2D eigenvalue weighted by Gasteiger charge is -2.14. The van der Waals surface area contributed by atoms with Crippen molar-refractivity contribution in [2.45, 2.75) is 19.5 Å². The fourth-order valence-electron chi connectivity index (χ4n) is 1.26. The SMILES string of the molecule is COc1cccc(F)c1CN[C@H](C)CN. The fourth-order valence-corrected chi connectivity index (χ4v) is 1.26. The Morgan fingerprint density at radius 1 is 1.53 bits per heavy atom. The smallest absolute Gasteiger partial charge is 0.131 e. The van der Waals surface area contributed by atoms with Gasteiger partial charge in [0.2, 0.25) is 0 Å². The predicted octanol–water partition coefficient (Wildman–Crippen LogP) is 1.27. The molecule has 3 N–H and O–H groups in total. The van der Waals surface area contributed by atoms with Gasteiger partial charge in [0.15, 0.2) is 0 Å². The summed E-state index contributed by atoms with van der Waals surface area (Å²) in [4.78, 5) is 0. The summed E-state index contributed by atoms with van der Waals surface area (Å²) in [5, 5.41) is 3.12. The van der Waals surface area contributed by atoms with Gasteiger partial charge in [0, 0.05) is 24.7 Å². The van der Waals surface area contributed by atoms with E-state index in [9.17, 15) is 4.39 Å². The zero-order valence-corrected chi connectivity index (χ0v) is 9.09. The third-order valence-corrected chi connectivity index (χ3v) is 2.28. The van der Waals surface area contributed by atoms with E-state index in [0.717, 1.165) is 0 Å². The van der Waals surface area contributed by atoms with Crippen LogP contribution in [0.3, 0.4) is 0 Å². The maximum atomic E-state index is 13.4. The standard InChI is InChI=1S/C11H17FN2O/c1-8(6-13)14-7-9-10(12)4-3-5-11(9)15-2/h3-5,8,14H,6-7,13H2,1-2H3/t8-/m1/s1. The van der Waals surface area contributed by atoms with Gasteiger partial charge in [-0.25, -0.2) is 4.39 Å². The maximum Gasteiger partial charge on any atom is 0.131 e. The zero-order valence-electron chi connectivity index (χ0n) is 9.09. The Bertz CT molecular complexity index is 317. The van der Waals surface area contributed by atoms with Crippen molar-refractivity contribution in [2.24, 2.45) is 5.73 Å². The molecular formula is C11H17FN2O. The lowest BCUT2D eigenvalue weighted by molar-refractivity contribution is 0.399. The Hall–Kier alpha value is -1.13. The normalized spacial score (nSPS) is 12.5. The van der Waals surface area contributed by atoms with Gasteiger partial charge in [0.1, 0.15) is 11.6 Å². The van der Waals surface area contributed by atoms with Gasteiger partial charge in [-0.2, -0.15) is 0 Å². The van der Waals surface area contributed by atoms with Crippen LogP contribution in [0.4, 0.5) is 4.39 Å². The second-order valence-electron chi connectivity index (χ2n) is 3.44. The van der Waals surface area contributed by atoms with Crippen molar-refractivity contribution in [3.8, 4) is 5.75 Å². The van der Waals surface area contributed by atoms with Gasteiger partial charge in [-0.3, -0.25) is 0 Å². The second kappa shape index (κ2) is 5.68. The van der Waals surface area contributed by atoms with Crippen molar-refractivity contribution in [2.75, 3.05) is 13.7 Å². The van der Waals surface area contributed by atoms with E-state index in [1.807, 2.05) is 6.92 Å². The highest BCUT2D eigenvalue weighted by molar-refractivity contribution is 5.34. The molecule has 0 fully saturated rings. The minimum absolute atomic E-state index is 0.161. The predicted molar refractivity (Wildman–Crippen MR) is 58.3 cm³/mol. The fraction of sp³-hybridized carbons (Fsp3) is 0.455. The Balaban J connectivity index is 2.74. The number of methoxy groups -OCH3 is 1. The summed E-state index contributed by atoms with van der Waals surface area (Å²) in [7, 11) is 1.53. The number of nitrogens with two attached hydrogens (primary N) is 1. The maximum absolute atomic E-state index is 13.4. The molecule has 0 aliphatic heterocycles. The summed E-state index contributed by atoms with van der Waals surface area (Å²) in [6.07, 6.45) is 0. The van der Waals surface area contributed by atoms with Crippen LogP contribution in [0.15, 0.2) is 18.2 Å². The summed E-state index contributed by atoms with van der Waals surface area (Å²) in [6.45, 7) is 2.90. The van der Waals surface area contributed by atoms with Crippen LogP contribution in [0.1, 0.15) is 12.5 Å². The molecule has 0 bridgehead atoms. The van der Waals surface area contributed by atoms with E-state index in [1.165, 1.54) is 13.2 Å². The summed E-state index contributed by atoms with van der Waals surface area (Å²) in [5.74, 6) is 0.304. The molecule has 0 radical (unpaired) electrons. The van der Waals surface area contributed by atoms with Gasteiger partial charge in [0.25, 0.3) is 0 Å². The van der Waals surface area contributed by atoms with Gasteiger partial charge in [0.05, 0.1) is 7.11 Å². The van der Waals surface area contributed by atoms with Gasteiger partial charge >= 0.3 is 0 Å². The van der Waals surface area contributed by atoms with Crippen LogP contribution in [0.2, 0.25) is 0 Å². The van der Waals surface area contributed by atoms with Crippen LogP contribution in [0.5, 0.6) is 5.75 Å². The monoisotopic (exact) mass is 212 g/mol. The molecule has 3 nitrogen and oxygen atoms in total. The van der Waals surface area contributed by atoms with Crippen molar-refractivity contribution in [1.29, 1.82) is 0 Å². The van der Waals surface area contributed by atoms with E-state index >= 15 is 0 Å². The first-order valence-corrected chi connectivity index (χ1v) is 4.94. The second-order valence-corrected chi connectivity index (χ2v) is 3.44. The van der Waals surface area contributed by atoms with E-state index < -0.39 is 0 Å². The van der Waals surface area contributed by atoms with Gasteiger partial charge in [-0.1, -0.05) is 6.07 Å². The number of hydrogen-bond donors (Lipinski definition) is 2. The number of halogens is 1. The first kappa shape index (κ1) is 11.9. The third kappa shape index (κ3) is 3.18. The molecule has 84 valence electrons. The van der Waals surface area contributed by atoms with Gasteiger partial charge < -0.3 is 15.8 Å². The lowest BCUT2D eigenvalue weighted by atomic mass is 10.1. The molecule has 1 aromatic carbocycles. The average Bonchev–Trinajstić information content (AvgIpc) is 2.26. The molecule has 0 saturated carbocycles. The molecule has 4 heteroatoms. The Morgan fingerprint density at radius 3 is 2.87 bits per heavy atom. The summed E-state index contributed by atoms with van der Waals surface area (Å²) in [5.41, 5.74) is 6.00. The molecule has 0 aromatic heterocycles. The molecule has 0 unspecified atom stereocenters. The van der Waals surface area contributed by atoms with E-state index in [4.69, 9.17) is 10.5 Å². The van der Waals surface area contributed by atoms with Crippen LogP contribution in [-0.2, 0) is 6.54 Å². The minimum atomic E-state index is -0.258. The van der Waals surface area contributed by atoms with Crippen LogP contribution < -0.4 is 15.8 Å². The summed E-state index contributed by atoms with van der Waals surface area (Å²) in [6, 6.07) is 4.96. The number of nitrogens with one attached hydrogen (secondary N) is 1. The Morgan fingerprint density at radius 2 is 2.27 bits per heavy atom. The number of ether oxygens (including phenoxy) is 1. The van der Waals surface area contributed by atoms with Crippen molar-refractivity contribution in [1.82, 2.24) is 5.32 Å². The third-order valence-electron chi connectivity index (χ3n) is 2.28. The highest BCUT2D eigenvalue weighted by atomic mass is 19.1. The lowest BCUT2D eigenvalue weighted by Crippen LogP contribution is -2.32. The molecule has 0 heterocycles. The van der Waals surface area contributed by atoms with Gasteiger partial charge in [-0.05, 0) is 19.1 Å². The first-order valence-electron chi connectivity index (χ1n) is 4.94. The van der Waals surface area contributed by atoms with Crippen molar-refractivity contribution in [3.63, 3.8) is 0 Å². The zero-order chi connectivity index (χ0) is 11.3. The quantitative estimate of drug-likeness (QED) is 0.772. The Kier molecular flexibility index (Phi) is 4.52. The molecule has 0 saturated heterocycles. The number of benzene rings is 1. The van der Waals surface area contributed by atoms with Crippen molar-refractivity contribution >= 4 is 0 Å². The van der Waals surface area contributed by atoms with E-state index in [0.29, 0.717) is 24.4 Å². The first-order chi connectivity index (χ1) is 7.19. The molecule has 0 spiro atoms. The average molecular weight is 212 g/mol. The molecule has 0 aliphatic rings. The van der Waals surface area contributed by atoms with Gasteiger partial charge in [-0.15, -0.1) is 0 Å². The number of rotatable bonds is 5. The molecule has 0 aliphatic carbocycles. The highest BCUT2D eigenvalue weighted by Crippen LogP contribution is 2.20. The molecule has 15 heavy (non-hydrogen) atoms. The van der Waals surface area contributed by atoms with Crippen molar-refractivity contribution in [3.05, 3.63) is 29.6 Å². The molecule has 1 rings (SSSR count). The molecule has 1 aromatic rings. The number of hydrogen-bond acceptors (Lipinski definition) is 3. The van der Waals surface area contributed by atoms with E-state index in [-0.39, 0.29) is 11.9 Å². The molecule has 1 atom stereocenters. The molecule has 0 amide bonds. The van der Waals surface area contributed by atoms with E-state index in [2.05, 4.69) is 5.32 Å². The summed E-state index contributed by atoms with van der Waals surface area (Å²) < 4.78 is 18.5. The van der Waals surface area contributed by atoms with Crippen LogP contribution in [-0.4, -0.2) is 19.7 Å².